The molecule has 2 heterocycles. The zero-order chi connectivity index (χ0) is 17.6. The number of ether oxygens (including phenoxy) is 1. The topological polar surface area (TPSA) is 80.5 Å². The maximum absolute atomic E-state index is 11.3. The largest absolute Gasteiger partial charge is 0.379 e. The van der Waals surface area contributed by atoms with Crippen LogP contribution in [0.2, 0.25) is 0 Å². The normalized spacial score (nSPS) is 16.4. The predicted octanol–water partition coefficient (Wildman–Crippen LogP) is 2.78. The van der Waals surface area contributed by atoms with Crippen molar-refractivity contribution in [3.05, 3.63) is 63.8 Å². The minimum absolute atomic E-state index is 0.0124. The van der Waals surface area contributed by atoms with Crippen LogP contribution in [0.1, 0.15) is 17.2 Å². The van der Waals surface area contributed by atoms with Crippen LogP contribution in [0.3, 0.4) is 0 Å². The molecule has 7 heteroatoms. The minimum atomic E-state index is -0.406. The maximum atomic E-state index is 11.3. The number of hydrogen-bond acceptors (Lipinski definition) is 6. The number of morpholine rings is 1. The van der Waals surface area contributed by atoms with E-state index < -0.39 is 4.92 Å². The summed E-state index contributed by atoms with van der Waals surface area (Å²) >= 11 is 0. The monoisotopic (exact) mass is 342 g/mol. The number of hydrogen-bond donors (Lipinski definition) is 1. The van der Waals surface area contributed by atoms with Gasteiger partial charge < -0.3 is 10.1 Å². The number of aryl methyl sites for hydroxylation is 1. The number of anilines is 1. The first-order valence-electron chi connectivity index (χ1n) is 8.36. The first-order valence-corrected chi connectivity index (χ1v) is 8.36. The molecule has 0 bridgehead atoms. The lowest BCUT2D eigenvalue weighted by Crippen LogP contribution is -2.40. The molecule has 2 aromatic rings. The number of nitrogens with zero attached hydrogens (tertiary/aromatic N) is 3. The van der Waals surface area contributed by atoms with Gasteiger partial charge in [-0.1, -0.05) is 29.8 Å². The third-order valence-corrected chi connectivity index (χ3v) is 4.32. The van der Waals surface area contributed by atoms with Gasteiger partial charge in [-0.2, -0.15) is 0 Å². The molecule has 7 nitrogen and oxygen atoms in total. The number of nitro groups is 1. The summed E-state index contributed by atoms with van der Waals surface area (Å²) in [6, 6.07) is 11.2. The highest BCUT2D eigenvalue weighted by atomic mass is 16.6. The second kappa shape index (κ2) is 8.04. The van der Waals surface area contributed by atoms with Crippen LogP contribution in [0.4, 0.5) is 11.5 Å². The standard InChI is InChI=1S/C18H22N4O3/c1-14-4-6-15(7-5-14)16(13-21-9-11-25-12-10-21)20-18-17(22(23)24)3-2-8-19-18/h2-8,16H,9-13H2,1H3,(H,19,20). The van der Waals surface area contributed by atoms with Gasteiger partial charge in [0.2, 0.25) is 5.82 Å². The Labute approximate surface area is 146 Å². The van der Waals surface area contributed by atoms with Crippen molar-refractivity contribution >= 4 is 11.5 Å². The van der Waals surface area contributed by atoms with Crippen LogP contribution in [-0.2, 0) is 4.74 Å². The van der Waals surface area contributed by atoms with E-state index in [9.17, 15) is 10.1 Å². The van der Waals surface area contributed by atoms with E-state index in [4.69, 9.17) is 4.74 Å². The van der Waals surface area contributed by atoms with Gasteiger partial charge in [0.1, 0.15) is 0 Å². The number of benzene rings is 1. The number of pyridine rings is 1. The Morgan fingerprint density at radius 3 is 2.68 bits per heavy atom. The van der Waals surface area contributed by atoms with Gasteiger partial charge >= 0.3 is 5.69 Å². The summed E-state index contributed by atoms with van der Waals surface area (Å²) in [6.07, 6.45) is 1.57. The average Bonchev–Trinajstić information content (AvgIpc) is 2.63. The summed E-state index contributed by atoms with van der Waals surface area (Å²) in [5, 5.41) is 14.5. The Balaban J connectivity index is 1.85. The maximum Gasteiger partial charge on any atom is 0.311 e. The van der Waals surface area contributed by atoms with Crippen LogP contribution in [0.5, 0.6) is 0 Å². The lowest BCUT2D eigenvalue weighted by Gasteiger charge is -2.31. The predicted molar refractivity (Wildman–Crippen MR) is 95.7 cm³/mol. The van der Waals surface area contributed by atoms with Crippen LogP contribution < -0.4 is 5.32 Å². The van der Waals surface area contributed by atoms with Crippen molar-refractivity contribution in [1.29, 1.82) is 0 Å². The van der Waals surface area contributed by atoms with E-state index in [0.717, 1.165) is 25.2 Å². The summed E-state index contributed by atoms with van der Waals surface area (Å²) in [5.41, 5.74) is 2.25. The third kappa shape index (κ3) is 4.52. The molecule has 0 amide bonds. The molecule has 0 aliphatic carbocycles. The van der Waals surface area contributed by atoms with Crippen LogP contribution in [-0.4, -0.2) is 47.7 Å². The number of aromatic nitrogens is 1. The molecule has 1 fully saturated rings. The summed E-state index contributed by atoms with van der Waals surface area (Å²) in [5.74, 6) is 0.298. The molecule has 25 heavy (non-hydrogen) atoms. The highest BCUT2D eigenvalue weighted by Gasteiger charge is 2.22. The van der Waals surface area contributed by atoms with Crippen LogP contribution in [0.25, 0.3) is 0 Å². The fourth-order valence-electron chi connectivity index (χ4n) is 2.90. The Morgan fingerprint density at radius 2 is 2.00 bits per heavy atom. The molecule has 1 aromatic carbocycles. The zero-order valence-corrected chi connectivity index (χ0v) is 14.2. The molecule has 1 aliphatic heterocycles. The molecule has 0 radical (unpaired) electrons. The van der Waals surface area contributed by atoms with E-state index in [1.807, 2.05) is 6.92 Å². The molecule has 1 N–H and O–H groups in total. The van der Waals surface area contributed by atoms with E-state index in [1.54, 1.807) is 12.3 Å². The van der Waals surface area contributed by atoms with Crippen LogP contribution in [0, 0.1) is 17.0 Å². The molecule has 1 aliphatic rings. The Morgan fingerprint density at radius 1 is 1.28 bits per heavy atom. The van der Waals surface area contributed by atoms with E-state index in [-0.39, 0.29) is 11.7 Å². The van der Waals surface area contributed by atoms with Crippen molar-refractivity contribution in [3.8, 4) is 0 Å². The lowest BCUT2D eigenvalue weighted by molar-refractivity contribution is -0.384. The van der Waals surface area contributed by atoms with Crippen molar-refractivity contribution < 1.29 is 9.66 Å². The number of rotatable bonds is 6. The van der Waals surface area contributed by atoms with Crippen LogP contribution in [0.15, 0.2) is 42.6 Å². The molecule has 1 atom stereocenters. The SMILES string of the molecule is Cc1ccc(C(CN2CCOCC2)Nc2ncccc2[N+](=O)[O-])cc1. The second-order valence-electron chi connectivity index (χ2n) is 6.15. The Bertz CT molecular complexity index is 715. The van der Waals surface area contributed by atoms with Crippen molar-refractivity contribution in [2.75, 3.05) is 38.2 Å². The first-order chi connectivity index (χ1) is 12.1. The quantitative estimate of drug-likeness (QED) is 0.642. The minimum Gasteiger partial charge on any atom is -0.379 e. The van der Waals surface area contributed by atoms with Gasteiger partial charge in [-0.25, -0.2) is 4.98 Å². The molecular weight excluding hydrogens is 320 g/mol. The fourth-order valence-corrected chi connectivity index (χ4v) is 2.90. The smallest absolute Gasteiger partial charge is 0.311 e. The molecular formula is C18H22N4O3. The molecule has 0 saturated carbocycles. The molecule has 3 rings (SSSR count). The van der Waals surface area contributed by atoms with E-state index in [0.29, 0.717) is 19.0 Å². The Kier molecular flexibility index (Phi) is 5.57. The summed E-state index contributed by atoms with van der Waals surface area (Å²) in [7, 11) is 0. The summed E-state index contributed by atoms with van der Waals surface area (Å²) in [4.78, 5) is 17.3. The van der Waals surface area contributed by atoms with E-state index in [2.05, 4.69) is 39.5 Å². The van der Waals surface area contributed by atoms with Crippen LogP contribution >= 0.6 is 0 Å². The fraction of sp³-hybridized carbons (Fsp3) is 0.389. The van der Waals surface area contributed by atoms with Gasteiger partial charge in [-0.05, 0) is 18.6 Å². The van der Waals surface area contributed by atoms with Gasteiger partial charge in [0.25, 0.3) is 0 Å². The molecule has 1 unspecified atom stereocenters. The van der Waals surface area contributed by atoms with Gasteiger partial charge in [0.05, 0.1) is 24.2 Å². The second-order valence-corrected chi connectivity index (χ2v) is 6.15. The van der Waals surface area contributed by atoms with Crippen molar-refractivity contribution in [2.24, 2.45) is 0 Å². The molecule has 132 valence electrons. The van der Waals surface area contributed by atoms with Gasteiger partial charge in [-0.3, -0.25) is 15.0 Å². The average molecular weight is 342 g/mol. The highest BCUT2D eigenvalue weighted by molar-refractivity contribution is 5.56. The Hall–Kier alpha value is -2.51. The van der Waals surface area contributed by atoms with E-state index in [1.165, 1.54) is 11.6 Å². The summed E-state index contributed by atoms with van der Waals surface area (Å²) < 4.78 is 5.41. The van der Waals surface area contributed by atoms with Crippen molar-refractivity contribution in [3.63, 3.8) is 0 Å². The molecule has 1 aromatic heterocycles. The van der Waals surface area contributed by atoms with Gasteiger partial charge in [0.15, 0.2) is 0 Å². The van der Waals surface area contributed by atoms with Gasteiger partial charge in [-0.15, -0.1) is 0 Å². The van der Waals surface area contributed by atoms with E-state index >= 15 is 0 Å². The zero-order valence-electron chi connectivity index (χ0n) is 14.2. The summed E-state index contributed by atoms with van der Waals surface area (Å²) in [6.45, 7) is 5.91. The van der Waals surface area contributed by atoms with Crippen molar-refractivity contribution in [1.82, 2.24) is 9.88 Å². The number of nitrogens with one attached hydrogen (secondary N) is 1. The molecule has 1 saturated heterocycles. The lowest BCUT2D eigenvalue weighted by atomic mass is 10.0. The third-order valence-electron chi connectivity index (χ3n) is 4.32. The molecule has 0 spiro atoms. The first kappa shape index (κ1) is 17.3. The van der Waals surface area contributed by atoms with Gasteiger partial charge in [0, 0.05) is 31.9 Å². The van der Waals surface area contributed by atoms with Crippen molar-refractivity contribution in [2.45, 2.75) is 13.0 Å². The highest BCUT2D eigenvalue weighted by Crippen LogP contribution is 2.26.